The van der Waals surface area contributed by atoms with Crippen LogP contribution in [0.25, 0.3) is 6.08 Å². The molecule has 7 nitrogen and oxygen atoms in total. The van der Waals surface area contributed by atoms with E-state index in [9.17, 15) is 33.0 Å². The Morgan fingerprint density at radius 1 is 1.29 bits per heavy atom. The highest BCUT2D eigenvalue weighted by Gasteiger charge is 2.42. The molecule has 0 aliphatic carbocycles. The number of hydrogen-bond donors (Lipinski definition) is 3. The lowest BCUT2D eigenvalue weighted by Gasteiger charge is -2.34. The van der Waals surface area contributed by atoms with Crippen molar-refractivity contribution in [1.82, 2.24) is 4.98 Å². The Balaban J connectivity index is 2.50. The zero-order valence-electron chi connectivity index (χ0n) is 22.3. The number of rotatable bonds is 3. The third-order valence-electron chi connectivity index (χ3n) is 6.91. The number of Topliss-reactive ketones (excluding diaryl/α,β-unsaturated/α-hetero) is 1. The molecule has 2 heterocycles. The van der Waals surface area contributed by atoms with E-state index in [0.29, 0.717) is 16.3 Å². The number of alkyl halides is 3. The van der Waals surface area contributed by atoms with E-state index < -0.39 is 71.9 Å². The Morgan fingerprint density at radius 3 is 2.53 bits per heavy atom. The Labute approximate surface area is 225 Å². The van der Waals surface area contributed by atoms with Crippen LogP contribution in [0.4, 0.5) is 13.2 Å². The van der Waals surface area contributed by atoms with E-state index in [-0.39, 0.29) is 13.0 Å². The molecule has 1 aliphatic rings. The SMILES string of the molecule is C/C(=C\c1csc(CN)n1)C1C/C=C(/C(F)(F)F)C/C=C/C(C)C(O)[C@@H](C)C(=O)C(C)(C)[C@@H](O)CC(=O)O1. The molecule has 0 spiro atoms. The van der Waals surface area contributed by atoms with Crippen LogP contribution in [0.2, 0.25) is 0 Å². The van der Waals surface area contributed by atoms with E-state index in [1.165, 1.54) is 44.3 Å². The first kappa shape index (κ1) is 31.9. The van der Waals surface area contributed by atoms with Gasteiger partial charge in [-0.25, -0.2) is 4.98 Å². The minimum atomic E-state index is -4.63. The lowest BCUT2D eigenvalue weighted by atomic mass is 9.73. The standard InChI is InChI=1S/C27H37F3N2O5S/c1-15-7-6-8-18(27(28,29)30)9-10-20(16(2)11-19-14-38-22(13-31)32-19)37-23(34)12-21(33)26(4,5)25(36)17(3)24(15)35/h6-7,9,11,14-15,17,20-21,24,33,35H,8,10,12-13,31H2,1-5H3/b7-6+,16-11+,18-9+/t15?,17-,20?,21+,24?/m1/s1. The van der Waals surface area contributed by atoms with Crippen molar-refractivity contribution in [2.24, 2.45) is 23.0 Å². The molecule has 11 heteroatoms. The van der Waals surface area contributed by atoms with Crippen LogP contribution in [0.1, 0.15) is 64.6 Å². The van der Waals surface area contributed by atoms with Gasteiger partial charge in [-0.15, -0.1) is 11.3 Å². The summed E-state index contributed by atoms with van der Waals surface area (Å²) in [7, 11) is 0. The predicted octanol–water partition coefficient (Wildman–Crippen LogP) is 4.74. The number of cyclic esters (lactones) is 1. The van der Waals surface area contributed by atoms with Crippen LogP contribution in [0.5, 0.6) is 0 Å². The van der Waals surface area contributed by atoms with Crippen molar-refractivity contribution in [2.75, 3.05) is 0 Å². The molecule has 0 fully saturated rings. The number of aliphatic hydroxyl groups excluding tert-OH is 2. The molecular formula is C27H37F3N2O5S. The maximum absolute atomic E-state index is 13.8. The molecule has 0 saturated heterocycles. The fourth-order valence-electron chi connectivity index (χ4n) is 4.21. The van der Waals surface area contributed by atoms with Crippen molar-refractivity contribution >= 4 is 29.2 Å². The maximum Gasteiger partial charge on any atom is 0.412 e. The summed E-state index contributed by atoms with van der Waals surface area (Å²) >= 11 is 1.33. The summed E-state index contributed by atoms with van der Waals surface area (Å²) in [5, 5.41) is 23.9. The van der Waals surface area contributed by atoms with Crippen molar-refractivity contribution in [3.63, 3.8) is 0 Å². The minimum absolute atomic E-state index is 0.238. The van der Waals surface area contributed by atoms with Gasteiger partial charge in [-0.3, -0.25) is 9.59 Å². The molecule has 0 aromatic carbocycles. The molecule has 1 aromatic rings. The molecule has 212 valence electrons. The lowest BCUT2D eigenvalue weighted by molar-refractivity contribution is -0.154. The molecule has 1 aromatic heterocycles. The average molecular weight is 559 g/mol. The van der Waals surface area contributed by atoms with Gasteiger partial charge in [0.2, 0.25) is 0 Å². The Morgan fingerprint density at radius 2 is 1.95 bits per heavy atom. The number of ketones is 1. The third kappa shape index (κ3) is 8.33. The van der Waals surface area contributed by atoms with Crippen LogP contribution in [-0.2, 0) is 20.9 Å². The van der Waals surface area contributed by atoms with E-state index in [4.69, 9.17) is 10.5 Å². The smallest absolute Gasteiger partial charge is 0.412 e. The van der Waals surface area contributed by atoms with Gasteiger partial charge in [0.05, 0.1) is 29.7 Å². The predicted molar refractivity (Wildman–Crippen MR) is 140 cm³/mol. The Hall–Kier alpha value is -2.34. The summed E-state index contributed by atoms with van der Waals surface area (Å²) in [6, 6.07) is 0. The quantitative estimate of drug-likeness (QED) is 0.362. The maximum atomic E-state index is 13.8. The highest BCUT2D eigenvalue weighted by Crippen LogP contribution is 2.33. The second-order valence-electron chi connectivity index (χ2n) is 10.3. The number of esters is 1. The lowest BCUT2D eigenvalue weighted by Crippen LogP contribution is -2.45. The molecule has 1 aliphatic heterocycles. The van der Waals surface area contributed by atoms with E-state index >= 15 is 0 Å². The molecule has 0 saturated carbocycles. The molecule has 38 heavy (non-hydrogen) atoms. The number of nitrogens with zero attached hydrogens (tertiary/aromatic N) is 1. The largest absolute Gasteiger partial charge is 0.457 e. The van der Waals surface area contributed by atoms with Gasteiger partial charge in [0, 0.05) is 35.8 Å². The van der Waals surface area contributed by atoms with E-state index in [2.05, 4.69) is 4.98 Å². The number of halogens is 3. The molecule has 0 bridgehead atoms. The van der Waals surface area contributed by atoms with Crippen molar-refractivity contribution in [2.45, 2.75) is 84.9 Å². The van der Waals surface area contributed by atoms with Crippen molar-refractivity contribution < 1.29 is 37.7 Å². The van der Waals surface area contributed by atoms with Gasteiger partial charge in [0.1, 0.15) is 16.9 Å². The number of carbonyl (C=O) groups is 2. The van der Waals surface area contributed by atoms with Gasteiger partial charge in [0.25, 0.3) is 0 Å². The molecule has 4 N–H and O–H groups in total. The van der Waals surface area contributed by atoms with Gasteiger partial charge >= 0.3 is 12.1 Å². The molecule has 2 rings (SSSR count). The Bertz CT molecular complexity index is 1080. The number of thiazole rings is 1. The number of hydrogen-bond acceptors (Lipinski definition) is 8. The van der Waals surface area contributed by atoms with Crippen molar-refractivity contribution in [1.29, 1.82) is 0 Å². The zero-order chi connectivity index (χ0) is 28.8. The van der Waals surface area contributed by atoms with E-state index in [1.54, 1.807) is 25.3 Å². The highest BCUT2D eigenvalue weighted by atomic mass is 32.1. The van der Waals surface area contributed by atoms with Crippen molar-refractivity contribution in [3.8, 4) is 0 Å². The molecule has 5 atom stereocenters. The van der Waals surface area contributed by atoms with Crippen LogP contribution >= 0.6 is 11.3 Å². The second kappa shape index (κ2) is 13.1. The number of allylic oxidation sites excluding steroid dienone is 2. The highest BCUT2D eigenvalue weighted by molar-refractivity contribution is 7.09. The summed E-state index contributed by atoms with van der Waals surface area (Å²) in [6.45, 7) is 7.92. The van der Waals surface area contributed by atoms with Crippen LogP contribution < -0.4 is 5.73 Å². The second-order valence-corrected chi connectivity index (χ2v) is 11.2. The van der Waals surface area contributed by atoms with E-state index in [0.717, 1.165) is 6.08 Å². The fourth-order valence-corrected chi connectivity index (χ4v) is 4.84. The average Bonchev–Trinajstić information content (AvgIpc) is 3.29. The first-order valence-electron chi connectivity index (χ1n) is 12.4. The van der Waals surface area contributed by atoms with Gasteiger partial charge in [-0.2, -0.15) is 13.2 Å². The number of nitrogens with two attached hydrogens (primary N) is 1. The van der Waals surface area contributed by atoms with Crippen LogP contribution in [0.3, 0.4) is 0 Å². The third-order valence-corrected chi connectivity index (χ3v) is 7.80. The fraction of sp³-hybridized carbons (Fsp3) is 0.593. The van der Waals surface area contributed by atoms with Gasteiger partial charge < -0.3 is 20.7 Å². The Kier molecular flexibility index (Phi) is 11.0. The van der Waals surface area contributed by atoms with Gasteiger partial charge in [-0.1, -0.05) is 45.9 Å². The van der Waals surface area contributed by atoms with Gasteiger partial charge in [-0.05, 0) is 25.0 Å². The number of carbonyl (C=O) groups excluding carboxylic acids is 2. The summed E-state index contributed by atoms with van der Waals surface area (Å²) in [5.41, 5.74) is 4.37. The summed E-state index contributed by atoms with van der Waals surface area (Å²) in [5.74, 6) is -2.90. The monoisotopic (exact) mass is 558 g/mol. The number of aromatic nitrogens is 1. The molecular weight excluding hydrogens is 521 g/mol. The number of aliphatic hydroxyl groups is 2. The molecule has 3 unspecified atom stereocenters. The minimum Gasteiger partial charge on any atom is -0.457 e. The first-order chi connectivity index (χ1) is 17.6. The molecule has 0 radical (unpaired) electrons. The van der Waals surface area contributed by atoms with Gasteiger partial charge in [0.15, 0.2) is 0 Å². The van der Waals surface area contributed by atoms with Crippen LogP contribution in [0.15, 0.2) is 34.8 Å². The molecule has 0 amide bonds. The summed E-state index contributed by atoms with van der Waals surface area (Å²) in [4.78, 5) is 30.3. The van der Waals surface area contributed by atoms with Crippen LogP contribution in [0, 0.1) is 17.3 Å². The summed E-state index contributed by atoms with van der Waals surface area (Å²) < 4.78 is 46.9. The topological polar surface area (TPSA) is 123 Å². The van der Waals surface area contributed by atoms with Crippen molar-refractivity contribution in [3.05, 3.63) is 45.5 Å². The first-order valence-corrected chi connectivity index (χ1v) is 13.3. The summed E-state index contributed by atoms with van der Waals surface area (Å²) in [6.07, 6.45) is -4.23. The van der Waals surface area contributed by atoms with Crippen LogP contribution in [-0.4, -0.2) is 51.4 Å². The van der Waals surface area contributed by atoms with E-state index in [1.807, 2.05) is 0 Å². The normalized spacial score (nSPS) is 30.9. The number of ether oxygens (including phenoxy) is 1. The zero-order valence-corrected chi connectivity index (χ0v) is 23.1.